The maximum Gasteiger partial charge on any atom is 0.260 e. The van der Waals surface area contributed by atoms with Crippen LogP contribution in [0.3, 0.4) is 0 Å². The number of anilines is 1. The Labute approximate surface area is 116 Å². The highest BCUT2D eigenvalue weighted by molar-refractivity contribution is 9.10. The molecule has 0 spiro atoms. The minimum atomic E-state index is 0.354. The fourth-order valence-corrected chi connectivity index (χ4v) is 1.95. The third kappa shape index (κ3) is 2.19. The van der Waals surface area contributed by atoms with Crippen molar-refractivity contribution in [3.8, 4) is 23.0 Å². The molecule has 2 N–H and O–H groups in total. The van der Waals surface area contributed by atoms with E-state index in [2.05, 4.69) is 36.0 Å². The minimum Gasteiger partial charge on any atom is -0.397 e. The molecule has 3 aromatic rings. The topological polar surface area (TPSA) is 90.7 Å². The first-order chi connectivity index (χ1) is 9.25. The van der Waals surface area contributed by atoms with Gasteiger partial charge in [0, 0.05) is 10.7 Å². The Kier molecular flexibility index (Phi) is 2.96. The van der Waals surface area contributed by atoms with Gasteiger partial charge >= 0.3 is 0 Å². The van der Waals surface area contributed by atoms with Crippen LogP contribution in [0.2, 0.25) is 0 Å². The SMILES string of the molecule is Nc1c(Br)cccc1-c1nc(-c2ccncn2)no1. The van der Waals surface area contributed by atoms with Gasteiger partial charge < -0.3 is 10.3 Å². The monoisotopic (exact) mass is 317 g/mol. The van der Waals surface area contributed by atoms with Crippen molar-refractivity contribution < 1.29 is 4.52 Å². The smallest absolute Gasteiger partial charge is 0.260 e. The summed E-state index contributed by atoms with van der Waals surface area (Å²) in [7, 11) is 0. The van der Waals surface area contributed by atoms with E-state index in [-0.39, 0.29) is 0 Å². The zero-order valence-corrected chi connectivity index (χ0v) is 11.2. The third-order valence-corrected chi connectivity index (χ3v) is 3.21. The molecule has 94 valence electrons. The highest BCUT2D eigenvalue weighted by Crippen LogP contribution is 2.31. The Bertz CT molecular complexity index is 713. The summed E-state index contributed by atoms with van der Waals surface area (Å²) in [5.74, 6) is 0.754. The zero-order valence-electron chi connectivity index (χ0n) is 9.62. The van der Waals surface area contributed by atoms with E-state index in [1.54, 1.807) is 12.3 Å². The number of para-hydroxylation sites is 1. The molecule has 0 amide bonds. The average Bonchev–Trinajstić information content (AvgIpc) is 2.92. The van der Waals surface area contributed by atoms with Crippen LogP contribution in [0.5, 0.6) is 0 Å². The predicted molar refractivity (Wildman–Crippen MR) is 72.9 cm³/mol. The molecule has 0 aliphatic rings. The van der Waals surface area contributed by atoms with Gasteiger partial charge in [-0.3, -0.25) is 0 Å². The number of rotatable bonds is 2. The lowest BCUT2D eigenvalue weighted by molar-refractivity contribution is 0.432. The molecule has 0 atom stereocenters. The van der Waals surface area contributed by atoms with Crippen molar-refractivity contribution in [1.29, 1.82) is 0 Å². The van der Waals surface area contributed by atoms with Gasteiger partial charge in [0.2, 0.25) is 5.82 Å². The van der Waals surface area contributed by atoms with Crippen molar-refractivity contribution in [2.45, 2.75) is 0 Å². The number of aromatic nitrogens is 4. The van der Waals surface area contributed by atoms with Crippen LogP contribution in [0.4, 0.5) is 5.69 Å². The first-order valence-electron chi connectivity index (χ1n) is 5.40. The number of hydrogen-bond acceptors (Lipinski definition) is 6. The lowest BCUT2D eigenvalue weighted by Gasteiger charge is -2.01. The summed E-state index contributed by atoms with van der Waals surface area (Å²) in [6, 6.07) is 7.22. The molecular formula is C12H8BrN5O. The van der Waals surface area contributed by atoms with Crippen LogP contribution in [-0.4, -0.2) is 20.1 Å². The molecule has 0 aliphatic carbocycles. The molecule has 0 saturated carbocycles. The van der Waals surface area contributed by atoms with Crippen molar-refractivity contribution in [1.82, 2.24) is 20.1 Å². The van der Waals surface area contributed by atoms with Gasteiger partial charge in [0.25, 0.3) is 5.89 Å². The summed E-state index contributed by atoms with van der Waals surface area (Å²) in [4.78, 5) is 12.2. The van der Waals surface area contributed by atoms with Crippen molar-refractivity contribution in [3.63, 3.8) is 0 Å². The fraction of sp³-hybridized carbons (Fsp3) is 0. The molecule has 0 bridgehead atoms. The maximum atomic E-state index is 5.96. The van der Waals surface area contributed by atoms with Crippen LogP contribution in [-0.2, 0) is 0 Å². The lowest BCUT2D eigenvalue weighted by atomic mass is 10.2. The molecule has 0 radical (unpaired) electrons. The quantitative estimate of drug-likeness (QED) is 0.730. The van der Waals surface area contributed by atoms with Gasteiger partial charge in [-0.25, -0.2) is 9.97 Å². The first-order valence-corrected chi connectivity index (χ1v) is 6.19. The van der Waals surface area contributed by atoms with Crippen LogP contribution < -0.4 is 5.73 Å². The van der Waals surface area contributed by atoms with Crippen LogP contribution >= 0.6 is 15.9 Å². The van der Waals surface area contributed by atoms with E-state index in [9.17, 15) is 0 Å². The molecule has 2 aromatic heterocycles. The largest absolute Gasteiger partial charge is 0.397 e. The Balaban J connectivity index is 2.05. The fourth-order valence-electron chi connectivity index (χ4n) is 1.58. The number of hydrogen-bond donors (Lipinski definition) is 1. The van der Waals surface area contributed by atoms with Gasteiger partial charge in [0.05, 0.1) is 11.3 Å². The van der Waals surface area contributed by atoms with Gasteiger partial charge in [-0.2, -0.15) is 4.98 Å². The standard InChI is InChI=1S/C12H8BrN5O/c13-8-3-1-2-7(10(8)14)12-17-11(18-19-12)9-4-5-15-6-16-9/h1-6H,14H2. The molecule has 0 fully saturated rings. The summed E-state index contributed by atoms with van der Waals surface area (Å²) in [5, 5.41) is 3.89. The van der Waals surface area contributed by atoms with Crippen molar-refractivity contribution in [2.24, 2.45) is 0 Å². The first kappa shape index (κ1) is 11.8. The normalized spacial score (nSPS) is 10.6. The molecule has 3 rings (SSSR count). The second-order valence-corrected chi connectivity index (χ2v) is 4.57. The molecule has 19 heavy (non-hydrogen) atoms. The van der Waals surface area contributed by atoms with Gasteiger partial charge in [0.15, 0.2) is 0 Å². The summed E-state index contributed by atoms with van der Waals surface area (Å²) < 4.78 is 6.00. The molecule has 0 saturated heterocycles. The molecule has 7 heteroatoms. The summed E-state index contributed by atoms with van der Waals surface area (Å²) >= 11 is 3.36. The van der Waals surface area contributed by atoms with Crippen molar-refractivity contribution in [3.05, 3.63) is 41.3 Å². The molecule has 0 aliphatic heterocycles. The van der Waals surface area contributed by atoms with Gasteiger partial charge in [-0.1, -0.05) is 11.2 Å². The molecular weight excluding hydrogens is 310 g/mol. The highest BCUT2D eigenvalue weighted by atomic mass is 79.9. The minimum absolute atomic E-state index is 0.354. The van der Waals surface area contributed by atoms with Gasteiger partial charge in [-0.15, -0.1) is 0 Å². The number of halogens is 1. The van der Waals surface area contributed by atoms with Crippen LogP contribution in [0, 0.1) is 0 Å². The van der Waals surface area contributed by atoms with E-state index in [0.717, 1.165) is 4.47 Å². The van der Waals surface area contributed by atoms with E-state index in [0.29, 0.717) is 28.7 Å². The zero-order chi connectivity index (χ0) is 13.2. The van der Waals surface area contributed by atoms with E-state index < -0.39 is 0 Å². The second kappa shape index (κ2) is 4.77. The van der Waals surface area contributed by atoms with Crippen molar-refractivity contribution >= 4 is 21.6 Å². The highest BCUT2D eigenvalue weighted by Gasteiger charge is 2.14. The van der Waals surface area contributed by atoms with Crippen LogP contribution in [0.25, 0.3) is 23.0 Å². The molecule has 2 heterocycles. The Morgan fingerprint density at radius 3 is 2.89 bits per heavy atom. The average molecular weight is 318 g/mol. The summed E-state index contributed by atoms with van der Waals surface area (Å²) in [5.41, 5.74) is 7.80. The van der Waals surface area contributed by atoms with Crippen LogP contribution in [0.15, 0.2) is 45.8 Å². The van der Waals surface area contributed by atoms with Crippen molar-refractivity contribution in [2.75, 3.05) is 5.73 Å². The summed E-state index contributed by atoms with van der Waals surface area (Å²) in [6.07, 6.45) is 3.05. The molecule has 0 unspecified atom stereocenters. The van der Waals surface area contributed by atoms with Crippen LogP contribution in [0.1, 0.15) is 0 Å². The number of nitrogen functional groups attached to an aromatic ring is 1. The van der Waals surface area contributed by atoms with Gasteiger partial charge in [0.1, 0.15) is 12.0 Å². The number of benzene rings is 1. The van der Waals surface area contributed by atoms with Gasteiger partial charge in [-0.05, 0) is 34.1 Å². The molecule has 1 aromatic carbocycles. The Hall–Kier alpha value is -2.28. The van der Waals surface area contributed by atoms with E-state index >= 15 is 0 Å². The van der Waals surface area contributed by atoms with E-state index in [1.165, 1.54) is 6.33 Å². The summed E-state index contributed by atoms with van der Waals surface area (Å²) in [6.45, 7) is 0. The number of nitrogens with zero attached hydrogens (tertiary/aromatic N) is 4. The predicted octanol–water partition coefficient (Wildman–Crippen LogP) is 2.54. The maximum absolute atomic E-state index is 5.96. The Morgan fingerprint density at radius 1 is 1.21 bits per heavy atom. The number of nitrogens with two attached hydrogens (primary N) is 1. The van der Waals surface area contributed by atoms with E-state index in [4.69, 9.17) is 10.3 Å². The Morgan fingerprint density at radius 2 is 2.11 bits per heavy atom. The third-order valence-electron chi connectivity index (χ3n) is 2.52. The lowest BCUT2D eigenvalue weighted by Crippen LogP contribution is -1.91. The second-order valence-electron chi connectivity index (χ2n) is 3.72. The molecule has 6 nitrogen and oxygen atoms in total. The van der Waals surface area contributed by atoms with E-state index in [1.807, 2.05) is 18.2 Å².